The van der Waals surface area contributed by atoms with Crippen LogP contribution in [0.25, 0.3) is 0 Å². The molecule has 0 spiro atoms. The maximum Gasteiger partial charge on any atom is 0.417 e. The van der Waals surface area contributed by atoms with E-state index in [-0.39, 0.29) is 17.8 Å². The Morgan fingerprint density at radius 2 is 1.85 bits per heavy atom. The number of amides is 2. The molecule has 0 aliphatic carbocycles. The number of carbonyl (C=O) groups excluding carboxylic acids is 2. The average molecular weight is 482 g/mol. The topological polar surface area (TPSA) is 106 Å². The van der Waals surface area contributed by atoms with E-state index >= 15 is 0 Å². The summed E-state index contributed by atoms with van der Waals surface area (Å²) >= 11 is 5.58. The molecule has 33 heavy (non-hydrogen) atoms. The molecule has 0 atom stereocenters. The molecule has 0 aliphatic rings. The minimum Gasteiger partial charge on any atom is -0.467 e. The van der Waals surface area contributed by atoms with Crippen molar-refractivity contribution in [2.75, 3.05) is 11.9 Å². The van der Waals surface area contributed by atoms with Crippen molar-refractivity contribution in [1.29, 1.82) is 0 Å². The van der Waals surface area contributed by atoms with Gasteiger partial charge in [-0.2, -0.15) is 13.2 Å². The van der Waals surface area contributed by atoms with Crippen LogP contribution in [-0.2, 0) is 17.5 Å². The van der Waals surface area contributed by atoms with E-state index in [1.54, 1.807) is 6.07 Å². The average Bonchev–Trinajstić information content (AvgIpc) is 3.26. The third-order valence-electron chi connectivity index (χ3n) is 4.44. The van der Waals surface area contributed by atoms with Crippen LogP contribution in [0.1, 0.15) is 21.7 Å². The lowest BCUT2D eigenvalue weighted by Crippen LogP contribution is -2.37. The fourth-order valence-electron chi connectivity index (χ4n) is 2.97. The summed E-state index contributed by atoms with van der Waals surface area (Å²) < 4.78 is 44.4. The predicted octanol–water partition coefficient (Wildman–Crippen LogP) is 5.14. The first-order chi connectivity index (χ1) is 15.6. The van der Waals surface area contributed by atoms with Gasteiger partial charge < -0.3 is 14.6 Å². The molecule has 0 radical (unpaired) electrons. The van der Waals surface area contributed by atoms with E-state index in [2.05, 4.69) is 5.32 Å². The quantitative estimate of drug-likeness (QED) is 0.371. The molecule has 0 unspecified atom stereocenters. The highest BCUT2D eigenvalue weighted by molar-refractivity contribution is 6.31. The molecule has 0 bridgehead atoms. The Morgan fingerprint density at radius 1 is 1.12 bits per heavy atom. The van der Waals surface area contributed by atoms with Crippen LogP contribution in [0.5, 0.6) is 0 Å². The summed E-state index contributed by atoms with van der Waals surface area (Å²) in [7, 11) is 0. The zero-order valence-corrected chi connectivity index (χ0v) is 17.4. The summed E-state index contributed by atoms with van der Waals surface area (Å²) in [5.41, 5.74) is -2.04. The number of carbonyl (C=O) groups is 2. The summed E-state index contributed by atoms with van der Waals surface area (Å²) in [4.78, 5) is 37.2. The van der Waals surface area contributed by atoms with Crippen molar-refractivity contribution in [3.63, 3.8) is 0 Å². The van der Waals surface area contributed by atoms with Crippen LogP contribution in [0, 0.1) is 10.1 Å². The number of nitrogens with one attached hydrogen (secondary N) is 1. The molecular formula is C21H15ClF3N3O5. The van der Waals surface area contributed by atoms with Gasteiger partial charge in [0.15, 0.2) is 0 Å². The lowest BCUT2D eigenvalue weighted by atomic mass is 10.1. The van der Waals surface area contributed by atoms with Crippen LogP contribution >= 0.6 is 11.6 Å². The van der Waals surface area contributed by atoms with Crippen molar-refractivity contribution in [2.45, 2.75) is 12.7 Å². The van der Waals surface area contributed by atoms with Crippen LogP contribution in [0.2, 0.25) is 5.02 Å². The maximum atomic E-state index is 13.1. The standard InChI is InChI=1S/C21H15ClF3N3O5/c22-17-8-7-13(10-16(17)21(23,24)25)26-19(29)12-27(11-14-4-3-9-33-14)20(30)15-5-1-2-6-18(15)28(31)32/h1-10H,11-12H2,(H,26,29). The Balaban J connectivity index is 1.85. The molecule has 12 heteroatoms. The van der Waals surface area contributed by atoms with Crippen molar-refractivity contribution in [3.05, 3.63) is 92.9 Å². The highest BCUT2D eigenvalue weighted by Gasteiger charge is 2.33. The Hall–Kier alpha value is -3.86. The first kappa shape index (κ1) is 23.8. The summed E-state index contributed by atoms with van der Waals surface area (Å²) in [6.07, 6.45) is -3.39. The van der Waals surface area contributed by atoms with Gasteiger partial charge in [-0.3, -0.25) is 19.7 Å². The highest BCUT2D eigenvalue weighted by Crippen LogP contribution is 2.36. The van der Waals surface area contributed by atoms with E-state index in [0.717, 1.165) is 17.0 Å². The van der Waals surface area contributed by atoms with Crippen molar-refractivity contribution in [2.24, 2.45) is 0 Å². The van der Waals surface area contributed by atoms with Gasteiger partial charge in [-0.05, 0) is 36.4 Å². The third kappa shape index (κ3) is 5.89. The van der Waals surface area contributed by atoms with Crippen LogP contribution in [0.15, 0.2) is 65.3 Å². The molecule has 172 valence electrons. The second-order valence-corrected chi connectivity index (χ2v) is 7.16. The number of nitrogens with zero attached hydrogens (tertiary/aromatic N) is 2. The molecule has 0 saturated heterocycles. The Labute approximate surface area is 189 Å². The van der Waals surface area contributed by atoms with Gasteiger partial charge in [0.2, 0.25) is 5.91 Å². The summed E-state index contributed by atoms with van der Waals surface area (Å²) in [6.45, 7) is -0.824. The maximum absolute atomic E-state index is 13.1. The third-order valence-corrected chi connectivity index (χ3v) is 4.76. The number of furan rings is 1. The zero-order chi connectivity index (χ0) is 24.2. The van der Waals surface area contributed by atoms with Gasteiger partial charge in [-0.15, -0.1) is 0 Å². The molecule has 2 amide bonds. The lowest BCUT2D eigenvalue weighted by Gasteiger charge is -2.21. The fourth-order valence-corrected chi connectivity index (χ4v) is 3.19. The monoisotopic (exact) mass is 481 g/mol. The van der Waals surface area contributed by atoms with Crippen LogP contribution in [0.4, 0.5) is 24.5 Å². The SMILES string of the molecule is O=C(CN(Cc1ccco1)C(=O)c1ccccc1[N+](=O)[O-])Nc1ccc(Cl)c(C(F)(F)F)c1. The minimum atomic E-state index is -4.73. The molecule has 2 aromatic carbocycles. The van der Waals surface area contributed by atoms with Gasteiger partial charge >= 0.3 is 6.18 Å². The molecule has 3 aromatic rings. The first-order valence-electron chi connectivity index (χ1n) is 9.28. The minimum absolute atomic E-state index is 0.187. The van der Waals surface area contributed by atoms with E-state index < -0.39 is 45.7 Å². The summed E-state index contributed by atoms with van der Waals surface area (Å²) in [6, 6.07) is 11.1. The first-order valence-corrected chi connectivity index (χ1v) is 9.65. The van der Waals surface area contributed by atoms with Gasteiger partial charge in [0, 0.05) is 11.8 Å². The number of hydrogen-bond donors (Lipinski definition) is 1. The molecule has 1 N–H and O–H groups in total. The van der Waals surface area contributed by atoms with Crippen LogP contribution in [-0.4, -0.2) is 28.2 Å². The van der Waals surface area contributed by atoms with E-state index in [9.17, 15) is 32.9 Å². The Bertz CT molecular complexity index is 1180. The molecule has 0 aliphatic heterocycles. The van der Waals surface area contributed by atoms with E-state index in [0.29, 0.717) is 11.8 Å². The predicted molar refractivity (Wildman–Crippen MR) is 112 cm³/mol. The van der Waals surface area contributed by atoms with Crippen LogP contribution < -0.4 is 5.32 Å². The molecule has 0 saturated carbocycles. The normalized spacial score (nSPS) is 11.2. The fraction of sp³-hybridized carbons (Fsp3) is 0.143. The molecule has 0 fully saturated rings. The van der Waals surface area contributed by atoms with Gasteiger partial charge in [-0.25, -0.2) is 0 Å². The largest absolute Gasteiger partial charge is 0.467 e. The van der Waals surface area contributed by atoms with E-state index in [1.807, 2.05) is 0 Å². The van der Waals surface area contributed by atoms with Gasteiger partial charge in [0.05, 0.1) is 28.3 Å². The lowest BCUT2D eigenvalue weighted by molar-refractivity contribution is -0.385. The summed E-state index contributed by atoms with van der Waals surface area (Å²) in [5.74, 6) is -1.37. The Morgan fingerprint density at radius 3 is 2.48 bits per heavy atom. The smallest absolute Gasteiger partial charge is 0.417 e. The van der Waals surface area contributed by atoms with E-state index in [4.69, 9.17) is 16.0 Å². The number of halogens is 4. The highest BCUT2D eigenvalue weighted by atomic mass is 35.5. The number of alkyl halides is 3. The number of benzene rings is 2. The molecule has 8 nitrogen and oxygen atoms in total. The molecular weight excluding hydrogens is 467 g/mol. The Kier molecular flexibility index (Phi) is 7.02. The number of rotatable bonds is 7. The number of nitro groups is 1. The van der Waals surface area contributed by atoms with Gasteiger partial charge in [0.25, 0.3) is 11.6 Å². The van der Waals surface area contributed by atoms with Crippen molar-refractivity contribution in [1.82, 2.24) is 4.90 Å². The van der Waals surface area contributed by atoms with Crippen molar-refractivity contribution >= 4 is 34.8 Å². The molecule has 1 heterocycles. The number of hydrogen-bond acceptors (Lipinski definition) is 5. The van der Waals surface area contributed by atoms with Crippen LogP contribution in [0.3, 0.4) is 0 Å². The summed E-state index contributed by atoms with van der Waals surface area (Å²) in [5, 5.41) is 13.0. The number of nitro benzene ring substituents is 1. The molecule has 3 rings (SSSR count). The second-order valence-electron chi connectivity index (χ2n) is 6.76. The molecule has 1 aromatic heterocycles. The second kappa shape index (κ2) is 9.74. The van der Waals surface area contributed by atoms with Gasteiger partial charge in [0.1, 0.15) is 17.9 Å². The number of anilines is 1. The van der Waals surface area contributed by atoms with E-state index in [1.165, 1.54) is 36.6 Å². The number of para-hydroxylation sites is 1. The van der Waals surface area contributed by atoms with Gasteiger partial charge in [-0.1, -0.05) is 23.7 Å². The zero-order valence-electron chi connectivity index (χ0n) is 16.6. The van der Waals surface area contributed by atoms with Crippen molar-refractivity contribution in [3.8, 4) is 0 Å². The van der Waals surface area contributed by atoms with Crippen molar-refractivity contribution < 1.29 is 32.1 Å².